The van der Waals surface area contributed by atoms with Crippen molar-refractivity contribution in [2.45, 2.75) is 13.3 Å². The molecule has 4 heteroatoms. The van der Waals surface area contributed by atoms with Crippen molar-refractivity contribution in [1.82, 2.24) is 5.01 Å². The topological polar surface area (TPSA) is 6.48 Å². The average molecular weight is 414 g/mol. The number of benzene rings is 4. The number of para-hydroxylation sites is 2. The molecule has 0 bridgehead atoms. The van der Waals surface area contributed by atoms with Crippen molar-refractivity contribution < 1.29 is 0 Å². The molecule has 4 aromatic rings. The SMILES string of the molecule is CCc1ccc(B2B(c3ccccc3)c3ccccc3N(N(C)C)c3ccccc32)cc1. The zero-order chi connectivity index (χ0) is 22.1. The Labute approximate surface area is 192 Å². The minimum atomic E-state index is 0.214. The zero-order valence-corrected chi connectivity index (χ0v) is 19.1. The number of hydrogen-bond acceptors (Lipinski definition) is 2. The third-order valence-corrected chi connectivity index (χ3v) is 6.64. The van der Waals surface area contributed by atoms with E-state index in [4.69, 9.17) is 0 Å². The summed E-state index contributed by atoms with van der Waals surface area (Å²) in [4.78, 5) is 0. The molecule has 0 saturated carbocycles. The van der Waals surface area contributed by atoms with Crippen molar-refractivity contribution in [1.29, 1.82) is 0 Å². The fourth-order valence-corrected chi connectivity index (χ4v) is 5.17. The Balaban J connectivity index is 1.85. The van der Waals surface area contributed by atoms with Gasteiger partial charge in [-0.3, -0.25) is 5.01 Å². The van der Waals surface area contributed by atoms with Gasteiger partial charge < -0.3 is 0 Å². The molecule has 0 atom stereocenters. The van der Waals surface area contributed by atoms with Crippen LogP contribution < -0.4 is 26.9 Å². The van der Waals surface area contributed by atoms with Crippen LogP contribution in [0.2, 0.25) is 0 Å². The number of hydrazine groups is 1. The molecule has 0 saturated heterocycles. The molecule has 32 heavy (non-hydrogen) atoms. The highest BCUT2D eigenvalue weighted by Gasteiger charge is 2.41. The van der Waals surface area contributed by atoms with Gasteiger partial charge in [0.05, 0.1) is 11.4 Å². The Bertz CT molecular complexity index is 1210. The van der Waals surface area contributed by atoms with Gasteiger partial charge in [-0.1, -0.05) is 120 Å². The Morgan fingerprint density at radius 1 is 0.594 bits per heavy atom. The number of aryl methyl sites for hydroxylation is 1. The lowest BCUT2D eigenvalue weighted by molar-refractivity contribution is 0.419. The summed E-state index contributed by atoms with van der Waals surface area (Å²) < 4.78 is 0. The summed E-state index contributed by atoms with van der Waals surface area (Å²) in [5.74, 6) is 0. The molecule has 0 spiro atoms. The zero-order valence-electron chi connectivity index (χ0n) is 19.1. The van der Waals surface area contributed by atoms with Gasteiger partial charge in [0, 0.05) is 14.1 Å². The maximum absolute atomic E-state index is 2.36. The molecule has 1 aliphatic rings. The van der Waals surface area contributed by atoms with Crippen molar-refractivity contribution >= 4 is 46.4 Å². The van der Waals surface area contributed by atoms with Crippen molar-refractivity contribution in [3.63, 3.8) is 0 Å². The molecule has 0 unspecified atom stereocenters. The molecule has 0 N–H and O–H groups in total. The van der Waals surface area contributed by atoms with Crippen molar-refractivity contribution in [3.8, 4) is 0 Å². The van der Waals surface area contributed by atoms with E-state index >= 15 is 0 Å². The second kappa shape index (κ2) is 8.72. The van der Waals surface area contributed by atoms with Crippen molar-refractivity contribution in [3.05, 3.63) is 109 Å². The molecule has 0 fully saturated rings. The van der Waals surface area contributed by atoms with Gasteiger partial charge in [0.2, 0.25) is 0 Å². The fourth-order valence-electron chi connectivity index (χ4n) is 5.17. The average Bonchev–Trinajstić information content (AvgIpc) is 2.97. The van der Waals surface area contributed by atoms with Crippen LogP contribution in [0.15, 0.2) is 103 Å². The quantitative estimate of drug-likeness (QED) is 0.474. The number of hydrogen-bond donors (Lipinski definition) is 0. The van der Waals surface area contributed by atoms with Crippen molar-refractivity contribution in [2.24, 2.45) is 0 Å². The Morgan fingerprint density at radius 2 is 1.06 bits per heavy atom. The smallest absolute Gasteiger partial charge is 0.194 e. The van der Waals surface area contributed by atoms with E-state index in [2.05, 4.69) is 134 Å². The second-order valence-corrected chi connectivity index (χ2v) is 8.74. The van der Waals surface area contributed by atoms with Crippen LogP contribution in [0.4, 0.5) is 11.4 Å². The summed E-state index contributed by atoms with van der Waals surface area (Å²) in [5.41, 5.74) is 9.28. The highest BCUT2D eigenvalue weighted by atomic mass is 15.6. The number of anilines is 2. The first-order valence-corrected chi connectivity index (χ1v) is 11.5. The first-order chi connectivity index (χ1) is 15.7. The minimum Gasteiger partial charge on any atom is -0.276 e. The van der Waals surface area contributed by atoms with E-state index in [1.807, 2.05) is 0 Å². The molecular formula is C28H28B2N2. The summed E-state index contributed by atoms with van der Waals surface area (Å²) in [6.07, 6.45) is 1.06. The summed E-state index contributed by atoms with van der Waals surface area (Å²) in [7, 11) is 4.25. The van der Waals surface area contributed by atoms with E-state index in [1.54, 1.807) is 0 Å². The molecule has 5 rings (SSSR count). The van der Waals surface area contributed by atoms with Crippen LogP contribution >= 0.6 is 0 Å². The Hall–Kier alpha value is -3.23. The Kier molecular flexibility index (Phi) is 5.63. The lowest BCUT2D eigenvalue weighted by Gasteiger charge is -2.33. The Morgan fingerprint density at radius 3 is 1.56 bits per heavy atom. The van der Waals surface area contributed by atoms with E-state index in [0.717, 1.165) is 6.42 Å². The molecule has 156 valence electrons. The molecular weight excluding hydrogens is 386 g/mol. The largest absolute Gasteiger partial charge is 0.276 e. The van der Waals surface area contributed by atoms with Crippen LogP contribution in [0, 0.1) is 0 Å². The molecule has 1 heterocycles. The summed E-state index contributed by atoms with van der Waals surface area (Å²) in [6.45, 7) is 2.64. The van der Waals surface area contributed by atoms with Gasteiger partial charge in [-0.15, -0.1) is 0 Å². The third-order valence-electron chi connectivity index (χ3n) is 6.64. The van der Waals surface area contributed by atoms with E-state index in [-0.39, 0.29) is 13.2 Å². The second-order valence-electron chi connectivity index (χ2n) is 8.74. The van der Waals surface area contributed by atoms with Crippen LogP contribution in [-0.4, -0.2) is 32.3 Å². The molecule has 0 aliphatic carbocycles. The van der Waals surface area contributed by atoms with Gasteiger partial charge >= 0.3 is 0 Å². The number of rotatable bonds is 4. The van der Waals surface area contributed by atoms with Gasteiger partial charge in [-0.2, -0.15) is 0 Å². The standard InChI is InChI=1S/C28H28B2N2/c1-4-22-18-20-24(21-19-22)30-26-15-9-11-17-28(26)32(31(2)3)27-16-10-8-14-25(27)29(30)23-12-6-5-7-13-23/h5-21H,4H2,1-3H3. The predicted molar refractivity (Wildman–Crippen MR) is 141 cm³/mol. The molecule has 0 amide bonds. The van der Waals surface area contributed by atoms with E-state index < -0.39 is 0 Å². The van der Waals surface area contributed by atoms with Gasteiger partial charge in [0.1, 0.15) is 0 Å². The minimum absolute atomic E-state index is 0.214. The molecule has 0 radical (unpaired) electrons. The van der Waals surface area contributed by atoms with Gasteiger partial charge in [0.15, 0.2) is 13.2 Å². The van der Waals surface area contributed by atoms with Gasteiger partial charge in [-0.05, 0) is 24.1 Å². The van der Waals surface area contributed by atoms with Gasteiger partial charge in [0.25, 0.3) is 0 Å². The fraction of sp³-hybridized carbons (Fsp3) is 0.143. The van der Waals surface area contributed by atoms with Crippen molar-refractivity contribution in [2.75, 3.05) is 19.1 Å². The maximum Gasteiger partial charge on any atom is 0.194 e. The predicted octanol–water partition coefficient (Wildman–Crippen LogP) is 3.17. The lowest BCUT2D eigenvalue weighted by Crippen LogP contribution is -2.64. The van der Waals surface area contributed by atoms with Crippen LogP contribution in [0.25, 0.3) is 0 Å². The van der Waals surface area contributed by atoms with E-state index in [0.29, 0.717) is 0 Å². The van der Waals surface area contributed by atoms with Crippen LogP contribution in [0.3, 0.4) is 0 Å². The maximum atomic E-state index is 2.36. The first kappa shape index (κ1) is 20.7. The highest BCUT2D eigenvalue weighted by molar-refractivity contribution is 7.42. The molecule has 1 aliphatic heterocycles. The third kappa shape index (κ3) is 3.55. The summed E-state index contributed by atoms with van der Waals surface area (Å²) in [6, 6.07) is 38.0. The molecule has 4 aromatic carbocycles. The lowest BCUT2D eigenvalue weighted by atomic mass is 9.02. The van der Waals surface area contributed by atoms with Crippen LogP contribution in [0.1, 0.15) is 12.5 Å². The number of nitrogens with zero attached hydrogens (tertiary/aromatic N) is 2. The van der Waals surface area contributed by atoms with E-state index in [1.165, 1.54) is 38.8 Å². The summed E-state index contributed by atoms with van der Waals surface area (Å²) in [5, 5.41) is 4.56. The highest BCUT2D eigenvalue weighted by Crippen LogP contribution is 2.27. The normalized spacial score (nSPS) is 13.1. The van der Waals surface area contributed by atoms with Gasteiger partial charge in [-0.25, -0.2) is 5.01 Å². The summed E-state index contributed by atoms with van der Waals surface area (Å²) >= 11 is 0. The van der Waals surface area contributed by atoms with Crippen LogP contribution in [-0.2, 0) is 6.42 Å². The van der Waals surface area contributed by atoms with E-state index in [9.17, 15) is 0 Å². The monoisotopic (exact) mass is 414 g/mol. The molecule has 0 aromatic heterocycles. The molecule has 2 nitrogen and oxygen atoms in total. The number of fused-ring (bicyclic) bond motifs is 2. The van der Waals surface area contributed by atoms with Crippen LogP contribution in [0.5, 0.6) is 0 Å². The first-order valence-electron chi connectivity index (χ1n) is 11.5.